The van der Waals surface area contributed by atoms with Gasteiger partial charge in [-0.1, -0.05) is 0 Å². The third-order valence-electron chi connectivity index (χ3n) is 5.26. The molecule has 5 aromatic rings. The molecule has 0 atom stereocenters. The third-order valence-corrected chi connectivity index (χ3v) is 5.26. The Morgan fingerprint density at radius 1 is 1.16 bits per heavy atom. The number of anilines is 1. The van der Waals surface area contributed by atoms with Gasteiger partial charge in [-0.3, -0.25) is 19.3 Å². The molecule has 0 radical (unpaired) electrons. The molecule has 0 saturated carbocycles. The van der Waals surface area contributed by atoms with Crippen molar-refractivity contribution in [3.63, 3.8) is 0 Å². The standard InChI is InChI=1S/C21H17F2N7O/c1-10-14(9-29(2)28-10)20-12-6-11(4-5-16(12)26-27-20)25-21(31)18-15(22)7-17-13(19(18)23)8-24-30(17)3/h4-9H,1-3H3,(H,25,31)(H,26,27). The van der Waals surface area contributed by atoms with Crippen LogP contribution in [0, 0.1) is 18.6 Å². The van der Waals surface area contributed by atoms with E-state index in [-0.39, 0.29) is 10.9 Å². The number of H-pyrrole nitrogens is 1. The predicted octanol–water partition coefficient (Wildman–Crippen LogP) is 3.69. The number of aryl methyl sites for hydroxylation is 3. The van der Waals surface area contributed by atoms with E-state index >= 15 is 0 Å². The van der Waals surface area contributed by atoms with Crippen molar-refractivity contribution in [1.82, 2.24) is 29.8 Å². The van der Waals surface area contributed by atoms with Gasteiger partial charge in [-0.25, -0.2) is 8.78 Å². The van der Waals surface area contributed by atoms with Crippen LogP contribution in [0.5, 0.6) is 0 Å². The van der Waals surface area contributed by atoms with Gasteiger partial charge in [-0.05, 0) is 25.1 Å². The van der Waals surface area contributed by atoms with Crippen LogP contribution >= 0.6 is 0 Å². The molecule has 0 aliphatic heterocycles. The predicted molar refractivity (Wildman–Crippen MR) is 112 cm³/mol. The van der Waals surface area contributed by atoms with E-state index in [1.165, 1.54) is 10.9 Å². The van der Waals surface area contributed by atoms with Crippen LogP contribution in [0.3, 0.4) is 0 Å². The molecule has 0 spiro atoms. The number of nitrogens with zero attached hydrogens (tertiary/aromatic N) is 5. The first-order chi connectivity index (χ1) is 14.8. The number of fused-ring (bicyclic) bond motifs is 2. The van der Waals surface area contributed by atoms with E-state index in [0.29, 0.717) is 11.4 Å². The SMILES string of the molecule is Cc1nn(C)cc1-c1n[nH]c2ccc(NC(=O)c3c(F)cc4c(cnn4C)c3F)cc12. The molecule has 8 nitrogen and oxygen atoms in total. The van der Waals surface area contributed by atoms with Crippen molar-refractivity contribution in [2.24, 2.45) is 14.1 Å². The van der Waals surface area contributed by atoms with E-state index in [0.717, 1.165) is 28.2 Å². The number of nitrogens with one attached hydrogen (secondary N) is 2. The molecule has 5 rings (SSSR count). The number of aromatic nitrogens is 6. The monoisotopic (exact) mass is 421 g/mol. The summed E-state index contributed by atoms with van der Waals surface area (Å²) in [6, 6.07) is 6.18. The van der Waals surface area contributed by atoms with E-state index in [4.69, 9.17) is 0 Å². The lowest BCUT2D eigenvalue weighted by atomic mass is 10.1. The highest BCUT2D eigenvalue weighted by Crippen LogP contribution is 2.31. The molecule has 0 aliphatic rings. The maximum atomic E-state index is 14.9. The van der Waals surface area contributed by atoms with Gasteiger partial charge in [0.1, 0.15) is 22.9 Å². The molecule has 0 bridgehead atoms. The van der Waals surface area contributed by atoms with Crippen LogP contribution in [-0.2, 0) is 14.1 Å². The number of aromatic amines is 1. The summed E-state index contributed by atoms with van der Waals surface area (Å²) in [6.45, 7) is 1.88. The van der Waals surface area contributed by atoms with Crippen LogP contribution < -0.4 is 5.32 Å². The molecule has 31 heavy (non-hydrogen) atoms. The molecule has 1 amide bonds. The number of hydrogen-bond donors (Lipinski definition) is 2. The summed E-state index contributed by atoms with van der Waals surface area (Å²) in [5, 5.41) is 19.0. The van der Waals surface area contributed by atoms with Gasteiger partial charge < -0.3 is 5.32 Å². The molecule has 10 heteroatoms. The topological polar surface area (TPSA) is 93.4 Å². The zero-order chi connectivity index (χ0) is 21.9. The van der Waals surface area contributed by atoms with Crippen molar-refractivity contribution in [2.75, 3.05) is 5.32 Å². The molecule has 0 fully saturated rings. The van der Waals surface area contributed by atoms with Gasteiger partial charge in [0, 0.05) is 43.0 Å². The van der Waals surface area contributed by atoms with Crippen molar-refractivity contribution >= 4 is 33.4 Å². The van der Waals surface area contributed by atoms with Crippen molar-refractivity contribution in [3.05, 3.63) is 59.6 Å². The molecule has 156 valence electrons. The van der Waals surface area contributed by atoms with Crippen LogP contribution in [0.25, 0.3) is 33.1 Å². The summed E-state index contributed by atoms with van der Waals surface area (Å²) < 4.78 is 32.5. The zero-order valence-corrected chi connectivity index (χ0v) is 16.9. The van der Waals surface area contributed by atoms with Crippen molar-refractivity contribution < 1.29 is 13.6 Å². The van der Waals surface area contributed by atoms with Gasteiger partial charge in [0.15, 0.2) is 0 Å². The zero-order valence-electron chi connectivity index (χ0n) is 16.9. The number of carbonyl (C=O) groups excluding carboxylic acids is 1. The maximum absolute atomic E-state index is 14.9. The molecular formula is C21H17F2N7O. The highest BCUT2D eigenvalue weighted by atomic mass is 19.1. The number of carbonyl (C=O) groups is 1. The summed E-state index contributed by atoms with van der Waals surface area (Å²) >= 11 is 0. The van der Waals surface area contributed by atoms with Crippen molar-refractivity contribution in [1.29, 1.82) is 0 Å². The smallest absolute Gasteiger partial charge is 0.261 e. The Balaban J connectivity index is 1.54. The molecule has 3 aromatic heterocycles. The minimum absolute atomic E-state index is 0.0775. The van der Waals surface area contributed by atoms with Crippen molar-refractivity contribution in [2.45, 2.75) is 6.92 Å². The van der Waals surface area contributed by atoms with Gasteiger partial charge in [0.25, 0.3) is 5.91 Å². The van der Waals surface area contributed by atoms with Crippen LogP contribution in [-0.4, -0.2) is 35.7 Å². The maximum Gasteiger partial charge on any atom is 0.261 e. The fourth-order valence-electron chi connectivity index (χ4n) is 3.75. The summed E-state index contributed by atoms with van der Waals surface area (Å²) in [5.41, 5.74) is 3.07. The van der Waals surface area contributed by atoms with Gasteiger partial charge in [0.2, 0.25) is 0 Å². The molecule has 3 heterocycles. The Morgan fingerprint density at radius 2 is 1.97 bits per heavy atom. The number of hydrogen-bond acceptors (Lipinski definition) is 4. The Morgan fingerprint density at radius 3 is 2.71 bits per heavy atom. The average Bonchev–Trinajstić information content (AvgIpc) is 3.39. The third kappa shape index (κ3) is 2.95. The average molecular weight is 421 g/mol. The van der Waals surface area contributed by atoms with E-state index < -0.39 is 23.1 Å². The van der Waals surface area contributed by atoms with E-state index in [2.05, 4.69) is 25.7 Å². The Labute approximate surface area is 174 Å². The second-order valence-electron chi connectivity index (χ2n) is 7.34. The lowest BCUT2D eigenvalue weighted by molar-refractivity contribution is 0.101. The minimum atomic E-state index is -0.956. The number of halogens is 2. The van der Waals surface area contributed by atoms with E-state index in [9.17, 15) is 13.6 Å². The van der Waals surface area contributed by atoms with Crippen LogP contribution in [0.2, 0.25) is 0 Å². The fourth-order valence-corrected chi connectivity index (χ4v) is 3.75. The normalized spacial score (nSPS) is 11.5. The molecule has 0 aliphatic carbocycles. The quantitative estimate of drug-likeness (QED) is 0.465. The highest BCUT2D eigenvalue weighted by Gasteiger charge is 2.23. The first-order valence-corrected chi connectivity index (χ1v) is 9.43. The Bertz CT molecular complexity index is 1490. The number of amides is 1. The summed E-state index contributed by atoms with van der Waals surface area (Å²) in [7, 11) is 3.39. The highest BCUT2D eigenvalue weighted by molar-refractivity contribution is 6.08. The first kappa shape index (κ1) is 18.9. The summed E-state index contributed by atoms with van der Waals surface area (Å²) in [5.74, 6) is -2.79. The van der Waals surface area contributed by atoms with Gasteiger partial charge in [0.05, 0.1) is 28.3 Å². The second kappa shape index (κ2) is 6.73. The summed E-state index contributed by atoms with van der Waals surface area (Å²) in [6.07, 6.45) is 3.12. The van der Waals surface area contributed by atoms with E-state index in [1.807, 2.05) is 20.2 Å². The largest absolute Gasteiger partial charge is 0.322 e. The van der Waals surface area contributed by atoms with Crippen molar-refractivity contribution in [3.8, 4) is 11.3 Å². The van der Waals surface area contributed by atoms with Gasteiger partial charge in [-0.15, -0.1) is 0 Å². The van der Waals surface area contributed by atoms with Crippen LogP contribution in [0.15, 0.2) is 36.7 Å². The summed E-state index contributed by atoms with van der Waals surface area (Å²) in [4.78, 5) is 12.7. The number of rotatable bonds is 3. The number of benzene rings is 2. The minimum Gasteiger partial charge on any atom is -0.322 e. The molecule has 0 saturated heterocycles. The lowest BCUT2D eigenvalue weighted by Crippen LogP contribution is -2.16. The first-order valence-electron chi connectivity index (χ1n) is 9.43. The molecule has 2 N–H and O–H groups in total. The van der Waals surface area contributed by atoms with Gasteiger partial charge in [-0.2, -0.15) is 15.3 Å². The fraction of sp³-hybridized carbons (Fsp3) is 0.143. The molecule has 0 unspecified atom stereocenters. The molecule has 2 aromatic carbocycles. The molecular weight excluding hydrogens is 404 g/mol. The lowest BCUT2D eigenvalue weighted by Gasteiger charge is -2.09. The van der Waals surface area contributed by atoms with E-state index in [1.54, 1.807) is 29.9 Å². The Hall–Kier alpha value is -4.08. The van der Waals surface area contributed by atoms with Gasteiger partial charge >= 0.3 is 0 Å². The Kier molecular flexibility index (Phi) is 4.10. The second-order valence-corrected chi connectivity index (χ2v) is 7.34. The van der Waals surface area contributed by atoms with Crippen LogP contribution in [0.1, 0.15) is 16.1 Å². The van der Waals surface area contributed by atoms with Crippen LogP contribution in [0.4, 0.5) is 14.5 Å².